The van der Waals surface area contributed by atoms with E-state index in [1.54, 1.807) is 11.3 Å². The topological polar surface area (TPSA) is 29.5 Å². The van der Waals surface area contributed by atoms with Crippen molar-refractivity contribution in [2.45, 2.75) is 65.1 Å². The van der Waals surface area contributed by atoms with Crippen LogP contribution in [-0.2, 0) is 30.7 Å². The maximum Gasteiger partial charge on any atom is 0.410 e. The van der Waals surface area contributed by atoms with Crippen LogP contribution in [0.1, 0.15) is 51.9 Å². The molecule has 192 valence electrons. The molecule has 0 saturated carbocycles. The van der Waals surface area contributed by atoms with E-state index in [1.807, 2.05) is 16.2 Å². The largest absolute Gasteiger partial charge is 0.440 e. The van der Waals surface area contributed by atoms with Crippen molar-refractivity contribution in [1.29, 1.82) is 0 Å². The SMILES string of the molecule is CCc1ccc(CN(Cc2sccc2C)C(=O)O[C@H]2C[N+]3(CCCc4ccccc4)CCC2CC3)s1. The lowest BCUT2D eigenvalue weighted by atomic mass is 9.83. The first-order chi connectivity index (χ1) is 17.5. The predicted octanol–water partition coefficient (Wildman–Crippen LogP) is 7.06. The zero-order chi connectivity index (χ0) is 25.0. The van der Waals surface area contributed by atoms with Crippen molar-refractivity contribution in [3.05, 3.63) is 79.7 Å². The molecule has 3 aromatic rings. The molecule has 0 unspecified atom stereocenters. The molecule has 3 aliphatic rings. The molecule has 0 radical (unpaired) electrons. The highest BCUT2D eigenvalue weighted by atomic mass is 32.1. The fraction of sp³-hybridized carbons (Fsp3) is 0.500. The first-order valence-corrected chi connectivity index (χ1v) is 15.2. The molecule has 4 nitrogen and oxygen atoms in total. The van der Waals surface area contributed by atoms with Crippen molar-refractivity contribution in [1.82, 2.24) is 4.90 Å². The van der Waals surface area contributed by atoms with E-state index in [0.29, 0.717) is 19.0 Å². The molecule has 36 heavy (non-hydrogen) atoms. The number of quaternary nitrogens is 1. The van der Waals surface area contributed by atoms with E-state index in [1.165, 1.54) is 64.7 Å². The number of fused-ring (bicyclic) bond motifs is 3. The molecule has 1 atom stereocenters. The fourth-order valence-electron chi connectivity index (χ4n) is 5.95. The lowest BCUT2D eigenvalue weighted by molar-refractivity contribution is -0.946. The number of thiophene rings is 2. The van der Waals surface area contributed by atoms with Crippen LogP contribution < -0.4 is 0 Å². The van der Waals surface area contributed by atoms with Crippen LogP contribution in [-0.4, -0.2) is 47.8 Å². The van der Waals surface area contributed by atoms with Crippen LogP contribution in [0.15, 0.2) is 53.9 Å². The minimum absolute atomic E-state index is 0.0400. The van der Waals surface area contributed by atoms with E-state index in [9.17, 15) is 4.79 Å². The molecule has 0 N–H and O–H groups in total. The van der Waals surface area contributed by atoms with E-state index in [2.05, 4.69) is 67.8 Å². The van der Waals surface area contributed by atoms with Crippen LogP contribution in [0.4, 0.5) is 4.79 Å². The smallest absolute Gasteiger partial charge is 0.410 e. The Morgan fingerprint density at radius 3 is 2.53 bits per heavy atom. The highest BCUT2D eigenvalue weighted by molar-refractivity contribution is 7.12. The van der Waals surface area contributed by atoms with E-state index in [0.717, 1.165) is 23.9 Å². The third-order valence-corrected chi connectivity index (χ3v) is 10.4. The van der Waals surface area contributed by atoms with Crippen LogP contribution in [0.5, 0.6) is 0 Å². The van der Waals surface area contributed by atoms with Crippen molar-refractivity contribution in [3.63, 3.8) is 0 Å². The van der Waals surface area contributed by atoms with Gasteiger partial charge < -0.3 is 9.22 Å². The molecule has 2 bridgehead atoms. The summed E-state index contributed by atoms with van der Waals surface area (Å²) in [5, 5.41) is 2.12. The van der Waals surface area contributed by atoms with Crippen molar-refractivity contribution in [3.8, 4) is 0 Å². The van der Waals surface area contributed by atoms with Gasteiger partial charge in [0.25, 0.3) is 0 Å². The zero-order valence-corrected chi connectivity index (χ0v) is 23.3. The normalized spacial score (nSPS) is 23.1. The van der Waals surface area contributed by atoms with Gasteiger partial charge in [-0.1, -0.05) is 37.3 Å². The number of nitrogens with zero attached hydrogens (tertiary/aromatic N) is 2. The van der Waals surface area contributed by atoms with Gasteiger partial charge in [-0.05, 0) is 54.5 Å². The maximum atomic E-state index is 13.6. The minimum atomic E-state index is -0.143. The Bertz CT molecular complexity index is 1130. The van der Waals surface area contributed by atoms with Gasteiger partial charge >= 0.3 is 6.09 Å². The molecule has 3 saturated heterocycles. The number of benzene rings is 1. The Balaban J connectivity index is 1.23. The molecule has 1 aromatic carbocycles. The van der Waals surface area contributed by atoms with Gasteiger partial charge in [0, 0.05) is 39.8 Å². The molecule has 5 heterocycles. The fourth-order valence-corrected chi connectivity index (χ4v) is 7.84. The summed E-state index contributed by atoms with van der Waals surface area (Å²) >= 11 is 3.54. The van der Waals surface area contributed by atoms with Gasteiger partial charge in [-0.25, -0.2) is 4.79 Å². The van der Waals surface area contributed by atoms with Gasteiger partial charge in [-0.2, -0.15) is 0 Å². The number of aryl methyl sites for hydroxylation is 3. The minimum Gasteiger partial charge on any atom is -0.440 e. The molecule has 1 amide bonds. The van der Waals surface area contributed by atoms with E-state index < -0.39 is 0 Å². The summed E-state index contributed by atoms with van der Waals surface area (Å²) in [5.41, 5.74) is 2.67. The van der Waals surface area contributed by atoms with Crippen molar-refractivity contribution in [2.75, 3.05) is 26.2 Å². The van der Waals surface area contributed by atoms with Crippen molar-refractivity contribution >= 4 is 28.8 Å². The molecule has 3 fully saturated rings. The molecule has 3 aliphatic heterocycles. The molecule has 0 spiro atoms. The van der Waals surface area contributed by atoms with Crippen LogP contribution >= 0.6 is 22.7 Å². The number of hydrogen-bond acceptors (Lipinski definition) is 4. The Labute approximate surface area is 224 Å². The van der Waals surface area contributed by atoms with Gasteiger partial charge in [0.05, 0.1) is 32.7 Å². The summed E-state index contributed by atoms with van der Waals surface area (Å²) in [5.74, 6) is 0.516. The van der Waals surface area contributed by atoms with Gasteiger partial charge in [0.15, 0.2) is 6.10 Å². The highest BCUT2D eigenvalue weighted by Gasteiger charge is 2.47. The third-order valence-electron chi connectivity index (χ3n) is 8.21. The third kappa shape index (κ3) is 6.04. The number of ether oxygens (including phenoxy) is 1. The molecule has 0 aliphatic carbocycles. The molecular weight excluding hydrogens is 484 g/mol. The summed E-state index contributed by atoms with van der Waals surface area (Å²) in [6.07, 6.45) is 5.61. The van der Waals surface area contributed by atoms with Gasteiger partial charge in [-0.15, -0.1) is 22.7 Å². The van der Waals surface area contributed by atoms with Crippen LogP contribution in [0, 0.1) is 12.8 Å². The second-order valence-electron chi connectivity index (χ2n) is 10.6. The summed E-state index contributed by atoms with van der Waals surface area (Å²) in [6.45, 7) is 10.2. The Hall–Kier alpha value is -2.15. The lowest BCUT2D eigenvalue weighted by Gasteiger charge is -2.52. The highest BCUT2D eigenvalue weighted by Crippen LogP contribution is 2.36. The summed E-state index contributed by atoms with van der Waals surface area (Å²) < 4.78 is 7.47. The monoisotopic (exact) mass is 523 g/mol. The number of carbonyl (C=O) groups is 1. The summed E-state index contributed by atoms with van der Waals surface area (Å²) in [4.78, 5) is 19.4. The van der Waals surface area contributed by atoms with Gasteiger partial charge in [0.1, 0.15) is 6.54 Å². The van der Waals surface area contributed by atoms with Crippen molar-refractivity contribution < 1.29 is 14.0 Å². The van der Waals surface area contributed by atoms with Gasteiger partial charge in [0.2, 0.25) is 0 Å². The van der Waals surface area contributed by atoms with E-state index >= 15 is 0 Å². The number of amides is 1. The lowest BCUT2D eigenvalue weighted by Crippen LogP contribution is -2.65. The predicted molar refractivity (Wildman–Crippen MR) is 149 cm³/mol. The first-order valence-electron chi connectivity index (χ1n) is 13.5. The Morgan fingerprint density at radius 2 is 1.83 bits per heavy atom. The quantitative estimate of drug-likeness (QED) is 0.266. The standard InChI is InChI=1S/C30H39N2O2S2/c1-3-26-11-12-27(36-26)20-31(21-29-23(2)15-19-35-29)30(33)34-28-22-32(17-13-25(28)14-18-32)16-7-10-24-8-5-4-6-9-24/h4-6,8-9,11-12,15,19,25,28H,3,7,10,13-14,16-18,20-22H2,1-2H3/q+1/t25?,28-,32?/m0/s1. The first kappa shape index (κ1) is 25.5. The molecule has 6 rings (SSSR count). The maximum absolute atomic E-state index is 13.6. The Morgan fingerprint density at radius 1 is 1.06 bits per heavy atom. The number of piperidine rings is 3. The zero-order valence-electron chi connectivity index (χ0n) is 21.7. The molecule has 6 heteroatoms. The van der Waals surface area contributed by atoms with E-state index in [-0.39, 0.29) is 12.2 Å². The Kier molecular flexibility index (Phi) is 8.14. The summed E-state index contributed by atoms with van der Waals surface area (Å²) in [6, 6.07) is 17.3. The van der Waals surface area contributed by atoms with Crippen LogP contribution in [0.3, 0.4) is 0 Å². The van der Waals surface area contributed by atoms with Crippen LogP contribution in [0.25, 0.3) is 0 Å². The number of rotatable bonds is 10. The number of carbonyl (C=O) groups excluding carboxylic acids is 1. The summed E-state index contributed by atoms with van der Waals surface area (Å²) in [7, 11) is 0. The second-order valence-corrected chi connectivity index (χ2v) is 12.9. The second kappa shape index (κ2) is 11.5. The molecule has 2 aromatic heterocycles. The van der Waals surface area contributed by atoms with Crippen LogP contribution in [0.2, 0.25) is 0 Å². The average molecular weight is 524 g/mol. The average Bonchev–Trinajstić information content (AvgIpc) is 3.53. The van der Waals surface area contributed by atoms with Crippen molar-refractivity contribution in [2.24, 2.45) is 5.92 Å². The van der Waals surface area contributed by atoms with Gasteiger partial charge in [-0.3, -0.25) is 4.90 Å². The molecular formula is C30H39N2O2S2+. The van der Waals surface area contributed by atoms with E-state index in [4.69, 9.17) is 4.74 Å². The number of hydrogen-bond donors (Lipinski definition) is 0.